The number of benzene rings is 1. The van der Waals surface area contributed by atoms with Crippen LogP contribution in [-0.4, -0.2) is 29.4 Å². The number of nitrogens with one attached hydrogen (secondary N) is 2. The predicted molar refractivity (Wildman–Crippen MR) is 86.2 cm³/mol. The maximum Gasteiger partial charge on any atom is 0.305 e. The van der Waals surface area contributed by atoms with Crippen LogP contribution in [0.1, 0.15) is 48.9 Å². The van der Waals surface area contributed by atoms with Crippen molar-refractivity contribution in [2.45, 2.75) is 38.5 Å². The van der Waals surface area contributed by atoms with Gasteiger partial charge in [-0.15, -0.1) is 0 Å². The van der Waals surface area contributed by atoms with Crippen molar-refractivity contribution in [2.24, 2.45) is 5.92 Å². The lowest BCUT2D eigenvalue weighted by molar-refractivity contribution is -0.136. The van der Waals surface area contributed by atoms with Crippen LogP contribution in [0.5, 0.6) is 0 Å². The third kappa shape index (κ3) is 5.39. The number of carboxylic acids is 1. The molecule has 0 radical (unpaired) electrons. The van der Waals surface area contributed by atoms with Gasteiger partial charge in [0.1, 0.15) is 0 Å². The number of rotatable bonds is 6. The Morgan fingerprint density at radius 2 is 1.87 bits per heavy atom. The SMILES string of the molecule is O=C(O)CCNC(=O)c1cccc(NC(=O)C2CCCCC2)c1. The average Bonchev–Trinajstić information content (AvgIpc) is 2.55. The normalized spacial score (nSPS) is 15.0. The van der Waals surface area contributed by atoms with Crippen LogP contribution in [0.4, 0.5) is 5.69 Å². The van der Waals surface area contributed by atoms with Crippen molar-refractivity contribution in [3.8, 4) is 0 Å². The molecule has 1 aliphatic rings. The van der Waals surface area contributed by atoms with Gasteiger partial charge in [0.2, 0.25) is 5.91 Å². The van der Waals surface area contributed by atoms with Gasteiger partial charge in [0.05, 0.1) is 6.42 Å². The lowest BCUT2D eigenvalue weighted by Crippen LogP contribution is -2.27. The Morgan fingerprint density at radius 1 is 1.13 bits per heavy atom. The van der Waals surface area contributed by atoms with Crippen LogP contribution in [0, 0.1) is 5.92 Å². The molecular formula is C17H22N2O4. The molecule has 2 amide bonds. The third-order valence-electron chi connectivity index (χ3n) is 3.99. The maximum atomic E-state index is 12.2. The summed E-state index contributed by atoms with van der Waals surface area (Å²) in [6.07, 6.45) is 5.08. The lowest BCUT2D eigenvalue weighted by atomic mass is 9.88. The molecule has 2 rings (SSSR count). The summed E-state index contributed by atoms with van der Waals surface area (Å²) in [6.45, 7) is 0.0762. The van der Waals surface area contributed by atoms with Gasteiger partial charge in [-0.1, -0.05) is 25.3 Å². The minimum Gasteiger partial charge on any atom is -0.481 e. The molecule has 1 aliphatic carbocycles. The van der Waals surface area contributed by atoms with E-state index in [0.29, 0.717) is 11.3 Å². The van der Waals surface area contributed by atoms with Crippen LogP contribution >= 0.6 is 0 Å². The number of amides is 2. The molecular weight excluding hydrogens is 296 g/mol. The van der Waals surface area contributed by atoms with Crippen molar-refractivity contribution in [3.63, 3.8) is 0 Å². The zero-order valence-electron chi connectivity index (χ0n) is 13.0. The van der Waals surface area contributed by atoms with Crippen LogP contribution in [0.15, 0.2) is 24.3 Å². The van der Waals surface area contributed by atoms with Crippen molar-refractivity contribution in [1.82, 2.24) is 5.32 Å². The molecule has 3 N–H and O–H groups in total. The molecule has 0 aromatic heterocycles. The molecule has 1 aromatic carbocycles. The Bertz CT molecular complexity index is 580. The fourth-order valence-electron chi connectivity index (χ4n) is 2.73. The highest BCUT2D eigenvalue weighted by molar-refractivity contribution is 5.97. The first-order valence-electron chi connectivity index (χ1n) is 7.97. The van der Waals surface area contributed by atoms with Crippen molar-refractivity contribution in [2.75, 3.05) is 11.9 Å². The Kier molecular flexibility index (Phi) is 6.14. The van der Waals surface area contributed by atoms with E-state index >= 15 is 0 Å². The largest absolute Gasteiger partial charge is 0.481 e. The van der Waals surface area contributed by atoms with Gasteiger partial charge in [0.15, 0.2) is 0 Å². The van der Waals surface area contributed by atoms with E-state index in [4.69, 9.17) is 5.11 Å². The molecule has 6 heteroatoms. The minimum atomic E-state index is -0.959. The summed E-state index contributed by atoms with van der Waals surface area (Å²) in [6, 6.07) is 6.68. The number of carbonyl (C=O) groups is 3. The summed E-state index contributed by atoms with van der Waals surface area (Å²) >= 11 is 0. The van der Waals surface area contributed by atoms with Crippen molar-refractivity contribution < 1.29 is 19.5 Å². The number of anilines is 1. The van der Waals surface area contributed by atoms with Crippen LogP contribution in [0.3, 0.4) is 0 Å². The number of hydrogen-bond donors (Lipinski definition) is 3. The highest BCUT2D eigenvalue weighted by Crippen LogP contribution is 2.25. The second kappa shape index (κ2) is 8.31. The summed E-state index contributed by atoms with van der Waals surface area (Å²) in [5.41, 5.74) is 0.989. The summed E-state index contributed by atoms with van der Waals surface area (Å²) in [4.78, 5) is 34.6. The van der Waals surface area contributed by atoms with Gasteiger partial charge in [-0.2, -0.15) is 0 Å². The van der Waals surface area contributed by atoms with Gasteiger partial charge in [0.25, 0.3) is 5.91 Å². The first-order valence-corrected chi connectivity index (χ1v) is 7.97. The van der Waals surface area contributed by atoms with E-state index in [1.165, 1.54) is 6.42 Å². The van der Waals surface area contributed by atoms with Crippen LogP contribution in [-0.2, 0) is 9.59 Å². The van der Waals surface area contributed by atoms with Crippen LogP contribution in [0.25, 0.3) is 0 Å². The Hall–Kier alpha value is -2.37. The maximum absolute atomic E-state index is 12.2. The molecule has 0 spiro atoms. The van der Waals surface area contributed by atoms with Crippen LogP contribution < -0.4 is 10.6 Å². The Labute approximate surface area is 135 Å². The fourth-order valence-corrected chi connectivity index (χ4v) is 2.73. The van der Waals surface area contributed by atoms with E-state index in [2.05, 4.69) is 10.6 Å². The first kappa shape index (κ1) is 17.0. The predicted octanol–water partition coefficient (Wildman–Crippen LogP) is 2.41. The van der Waals surface area contributed by atoms with Crippen molar-refractivity contribution in [3.05, 3.63) is 29.8 Å². The van der Waals surface area contributed by atoms with Gasteiger partial charge in [-0.25, -0.2) is 0 Å². The molecule has 1 aromatic rings. The molecule has 124 valence electrons. The highest BCUT2D eigenvalue weighted by atomic mass is 16.4. The molecule has 1 fully saturated rings. The second-order valence-electron chi connectivity index (χ2n) is 5.80. The molecule has 0 heterocycles. The Morgan fingerprint density at radius 3 is 2.57 bits per heavy atom. The number of carboxylic acid groups (broad SMARTS) is 1. The van der Waals surface area contributed by atoms with E-state index in [0.717, 1.165) is 25.7 Å². The highest BCUT2D eigenvalue weighted by Gasteiger charge is 2.21. The topological polar surface area (TPSA) is 95.5 Å². The molecule has 6 nitrogen and oxygen atoms in total. The molecule has 0 unspecified atom stereocenters. The summed E-state index contributed by atoms with van der Waals surface area (Å²) in [5, 5.41) is 14.0. The van der Waals surface area contributed by atoms with E-state index in [1.54, 1.807) is 24.3 Å². The summed E-state index contributed by atoms with van der Waals surface area (Å²) in [5.74, 6) is -1.25. The lowest BCUT2D eigenvalue weighted by Gasteiger charge is -2.20. The molecule has 0 bridgehead atoms. The molecule has 0 atom stereocenters. The summed E-state index contributed by atoms with van der Waals surface area (Å²) in [7, 11) is 0. The monoisotopic (exact) mass is 318 g/mol. The van der Waals surface area contributed by atoms with Gasteiger partial charge in [0, 0.05) is 23.7 Å². The van der Waals surface area contributed by atoms with Crippen molar-refractivity contribution >= 4 is 23.5 Å². The van der Waals surface area contributed by atoms with E-state index in [1.807, 2.05) is 0 Å². The quantitative estimate of drug-likeness (QED) is 0.750. The standard InChI is InChI=1S/C17H22N2O4/c20-15(21)9-10-18-16(22)13-7-4-8-14(11-13)19-17(23)12-5-2-1-3-6-12/h4,7-8,11-12H,1-3,5-6,9-10H2,(H,18,22)(H,19,23)(H,20,21). The van der Waals surface area contributed by atoms with Gasteiger partial charge >= 0.3 is 5.97 Å². The first-order chi connectivity index (χ1) is 11.1. The smallest absolute Gasteiger partial charge is 0.305 e. The molecule has 1 saturated carbocycles. The van der Waals surface area contributed by atoms with Crippen molar-refractivity contribution in [1.29, 1.82) is 0 Å². The van der Waals surface area contributed by atoms with Gasteiger partial charge < -0.3 is 15.7 Å². The van der Waals surface area contributed by atoms with E-state index in [-0.39, 0.29) is 30.7 Å². The zero-order valence-corrected chi connectivity index (χ0v) is 13.0. The number of carbonyl (C=O) groups excluding carboxylic acids is 2. The molecule has 23 heavy (non-hydrogen) atoms. The second-order valence-corrected chi connectivity index (χ2v) is 5.80. The zero-order chi connectivity index (χ0) is 16.7. The van der Waals surface area contributed by atoms with Gasteiger partial charge in [-0.3, -0.25) is 14.4 Å². The molecule has 0 saturated heterocycles. The number of hydrogen-bond acceptors (Lipinski definition) is 3. The molecule has 0 aliphatic heterocycles. The minimum absolute atomic E-state index is 0.00753. The third-order valence-corrected chi connectivity index (χ3v) is 3.99. The van der Waals surface area contributed by atoms with Crippen LogP contribution in [0.2, 0.25) is 0 Å². The van der Waals surface area contributed by atoms with E-state index in [9.17, 15) is 14.4 Å². The average molecular weight is 318 g/mol. The fraction of sp³-hybridized carbons (Fsp3) is 0.471. The summed E-state index contributed by atoms with van der Waals surface area (Å²) < 4.78 is 0. The Balaban J connectivity index is 1.92. The van der Waals surface area contributed by atoms with E-state index < -0.39 is 5.97 Å². The number of aliphatic carboxylic acids is 1. The van der Waals surface area contributed by atoms with Gasteiger partial charge in [-0.05, 0) is 31.0 Å².